The number of nitrogens with one attached hydrogen (secondary N) is 1. The van der Waals surface area contributed by atoms with Crippen LogP contribution in [0.25, 0.3) is 0 Å². The van der Waals surface area contributed by atoms with Gasteiger partial charge >= 0.3 is 12.1 Å². The number of hydrogen-bond donors (Lipinski definition) is 2. The van der Waals surface area contributed by atoms with Crippen LogP contribution in [-0.4, -0.2) is 17.1 Å². The Kier molecular flexibility index (Phi) is 4.45. The average molecular weight is 282 g/mol. The number of halogens is 4. The minimum atomic E-state index is -4.47. The lowest BCUT2D eigenvalue weighted by molar-refractivity contribution is -0.138. The van der Waals surface area contributed by atoms with Crippen LogP contribution >= 0.6 is 11.6 Å². The number of carbonyl (C=O) groups is 1. The summed E-state index contributed by atoms with van der Waals surface area (Å²) in [4.78, 5) is 10.8. The molecule has 1 aromatic carbocycles. The van der Waals surface area contributed by atoms with Gasteiger partial charge in [0.25, 0.3) is 0 Å². The molecule has 0 aliphatic heterocycles. The van der Waals surface area contributed by atoms with Crippen LogP contribution in [0.3, 0.4) is 0 Å². The fourth-order valence-electron chi connectivity index (χ4n) is 1.33. The van der Waals surface area contributed by atoms with E-state index < -0.39 is 23.8 Å². The van der Waals surface area contributed by atoms with Gasteiger partial charge in [0.15, 0.2) is 0 Å². The van der Waals surface area contributed by atoms with Gasteiger partial charge < -0.3 is 10.4 Å². The summed E-state index contributed by atoms with van der Waals surface area (Å²) in [6, 6.07) is 1.84. The number of benzene rings is 1. The largest absolute Gasteiger partial charge is 0.480 e. The highest BCUT2D eigenvalue weighted by Crippen LogP contribution is 2.33. The number of carboxylic acid groups (broad SMARTS) is 1. The van der Waals surface area contributed by atoms with E-state index in [-0.39, 0.29) is 17.1 Å². The first-order chi connectivity index (χ1) is 8.25. The first-order valence-electron chi connectivity index (χ1n) is 5.11. The molecule has 1 rings (SSSR count). The minimum Gasteiger partial charge on any atom is -0.480 e. The van der Waals surface area contributed by atoms with Crippen LogP contribution in [0.1, 0.15) is 18.9 Å². The molecule has 0 aromatic heterocycles. The average Bonchev–Trinajstić information content (AvgIpc) is 2.25. The molecular formula is C11H11ClF3NO2. The van der Waals surface area contributed by atoms with Gasteiger partial charge in [-0.2, -0.15) is 13.2 Å². The summed E-state index contributed by atoms with van der Waals surface area (Å²) in [7, 11) is 0. The predicted octanol–water partition coefficient (Wildman–Crippen LogP) is 3.63. The number of carboxylic acids is 1. The van der Waals surface area contributed by atoms with Gasteiger partial charge in [-0.3, -0.25) is 0 Å². The first kappa shape index (κ1) is 14.6. The lowest BCUT2D eigenvalue weighted by Gasteiger charge is -2.16. The van der Waals surface area contributed by atoms with Gasteiger partial charge in [0.05, 0.1) is 16.3 Å². The highest BCUT2D eigenvalue weighted by atomic mass is 35.5. The number of alkyl halides is 3. The Morgan fingerprint density at radius 2 is 2.11 bits per heavy atom. The van der Waals surface area contributed by atoms with Crippen molar-refractivity contribution in [2.45, 2.75) is 25.6 Å². The van der Waals surface area contributed by atoms with Crippen molar-refractivity contribution in [3.8, 4) is 0 Å². The molecule has 1 unspecified atom stereocenters. The lowest BCUT2D eigenvalue weighted by atomic mass is 10.1. The molecular weight excluding hydrogens is 271 g/mol. The van der Waals surface area contributed by atoms with E-state index in [0.29, 0.717) is 0 Å². The molecule has 1 aromatic rings. The van der Waals surface area contributed by atoms with E-state index in [1.165, 1.54) is 0 Å². The van der Waals surface area contributed by atoms with E-state index >= 15 is 0 Å². The summed E-state index contributed by atoms with van der Waals surface area (Å²) >= 11 is 5.69. The second-order valence-electron chi connectivity index (χ2n) is 3.64. The number of hydrogen-bond acceptors (Lipinski definition) is 2. The fourth-order valence-corrected chi connectivity index (χ4v) is 1.57. The van der Waals surface area contributed by atoms with Crippen molar-refractivity contribution in [2.75, 3.05) is 5.32 Å². The Bertz CT molecular complexity index is 448. The maximum absolute atomic E-state index is 12.4. The number of anilines is 1. The van der Waals surface area contributed by atoms with Crippen LogP contribution in [0, 0.1) is 0 Å². The van der Waals surface area contributed by atoms with Crippen molar-refractivity contribution in [2.24, 2.45) is 0 Å². The lowest BCUT2D eigenvalue weighted by Crippen LogP contribution is -2.28. The highest BCUT2D eigenvalue weighted by molar-refractivity contribution is 6.33. The molecule has 0 bridgehead atoms. The summed E-state index contributed by atoms with van der Waals surface area (Å²) in [5.41, 5.74) is -0.708. The smallest absolute Gasteiger partial charge is 0.416 e. The molecule has 7 heteroatoms. The van der Waals surface area contributed by atoms with Gasteiger partial charge in [-0.15, -0.1) is 0 Å². The zero-order chi connectivity index (χ0) is 13.9. The molecule has 100 valence electrons. The number of aliphatic carboxylic acids is 1. The third kappa shape index (κ3) is 3.53. The Labute approximate surface area is 107 Å². The maximum Gasteiger partial charge on any atom is 0.416 e. The molecule has 0 aliphatic rings. The molecule has 0 radical (unpaired) electrons. The van der Waals surface area contributed by atoms with Gasteiger partial charge in [0.1, 0.15) is 6.04 Å². The van der Waals surface area contributed by atoms with Crippen molar-refractivity contribution >= 4 is 23.3 Å². The quantitative estimate of drug-likeness (QED) is 0.886. The van der Waals surface area contributed by atoms with Crippen LogP contribution < -0.4 is 5.32 Å². The van der Waals surface area contributed by atoms with Gasteiger partial charge in [-0.1, -0.05) is 18.5 Å². The SMILES string of the molecule is CCC(Nc1ccc(C(F)(F)F)cc1Cl)C(=O)O. The Morgan fingerprint density at radius 1 is 1.50 bits per heavy atom. The van der Waals surface area contributed by atoms with Gasteiger partial charge in [-0.05, 0) is 24.6 Å². The van der Waals surface area contributed by atoms with Crippen LogP contribution in [0.15, 0.2) is 18.2 Å². The predicted molar refractivity (Wildman–Crippen MR) is 61.8 cm³/mol. The summed E-state index contributed by atoms with van der Waals surface area (Å²) in [5.74, 6) is -1.09. The van der Waals surface area contributed by atoms with Crippen LogP contribution in [0.5, 0.6) is 0 Å². The Hall–Kier alpha value is -1.43. The Balaban J connectivity index is 2.96. The molecule has 0 fully saturated rings. The monoisotopic (exact) mass is 281 g/mol. The summed E-state index contributed by atoms with van der Waals surface area (Å²) in [6.07, 6.45) is -4.19. The minimum absolute atomic E-state index is 0.162. The van der Waals surface area contributed by atoms with E-state index in [4.69, 9.17) is 16.7 Å². The number of rotatable bonds is 4. The van der Waals surface area contributed by atoms with Crippen molar-refractivity contribution in [3.63, 3.8) is 0 Å². The van der Waals surface area contributed by atoms with Gasteiger partial charge in [0, 0.05) is 0 Å². The fraction of sp³-hybridized carbons (Fsp3) is 0.364. The van der Waals surface area contributed by atoms with Crippen molar-refractivity contribution < 1.29 is 23.1 Å². The zero-order valence-electron chi connectivity index (χ0n) is 9.38. The van der Waals surface area contributed by atoms with Crippen molar-refractivity contribution in [3.05, 3.63) is 28.8 Å². The molecule has 3 nitrogen and oxygen atoms in total. The Morgan fingerprint density at radius 3 is 2.50 bits per heavy atom. The van der Waals surface area contributed by atoms with Crippen LogP contribution in [-0.2, 0) is 11.0 Å². The van der Waals surface area contributed by atoms with E-state index in [9.17, 15) is 18.0 Å². The summed E-state index contributed by atoms with van der Waals surface area (Å²) < 4.78 is 37.2. The zero-order valence-corrected chi connectivity index (χ0v) is 10.1. The third-order valence-corrected chi connectivity index (χ3v) is 2.65. The molecule has 0 heterocycles. The van der Waals surface area contributed by atoms with E-state index in [0.717, 1.165) is 18.2 Å². The van der Waals surface area contributed by atoms with Gasteiger partial charge in [-0.25, -0.2) is 4.79 Å². The summed E-state index contributed by atoms with van der Waals surface area (Å²) in [5, 5.41) is 11.2. The molecule has 0 spiro atoms. The second kappa shape index (κ2) is 5.48. The first-order valence-corrected chi connectivity index (χ1v) is 5.49. The normalized spacial score (nSPS) is 13.2. The van der Waals surface area contributed by atoms with Crippen molar-refractivity contribution in [1.29, 1.82) is 0 Å². The second-order valence-corrected chi connectivity index (χ2v) is 4.04. The van der Waals surface area contributed by atoms with Crippen LogP contribution in [0.2, 0.25) is 5.02 Å². The standard InChI is InChI=1S/C11H11ClF3NO2/c1-2-8(10(17)18)16-9-4-3-6(5-7(9)12)11(13,14)15/h3-5,8,16H,2H2,1H3,(H,17,18). The molecule has 0 saturated carbocycles. The van der Waals surface area contributed by atoms with E-state index in [2.05, 4.69) is 5.32 Å². The molecule has 0 amide bonds. The maximum atomic E-state index is 12.4. The molecule has 2 N–H and O–H groups in total. The topological polar surface area (TPSA) is 49.3 Å². The van der Waals surface area contributed by atoms with E-state index in [1.54, 1.807) is 6.92 Å². The van der Waals surface area contributed by atoms with Crippen molar-refractivity contribution in [1.82, 2.24) is 0 Å². The molecule has 0 saturated heterocycles. The molecule has 0 aliphatic carbocycles. The summed E-state index contributed by atoms with van der Waals surface area (Å²) in [6.45, 7) is 1.64. The van der Waals surface area contributed by atoms with Gasteiger partial charge in [0.2, 0.25) is 0 Å². The molecule has 18 heavy (non-hydrogen) atoms. The van der Waals surface area contributed by atoms with E-state index in [1.807, 2.05) is 0 Å². The van der Waals surface area contributed by atoms with Crippen LogP contribution in [0.4, 0.5) is 18.9 Å². The third-order valence-electron chi connectivity index (χ3n) is 2.33. The highest BCUT2D eigenvalue weighted by Gasteiger charge is 2.31. The molecule has 1 atom stereocenters.